The Kier molecular flexibility index (Phi) is 7.45. The summed E-state index contributed by atoms with van der Waals surface area (Å²) in [6.45, 7) is 7.78. The lowest BCUT2D eigenvalue weighted by Gasteiger charge is -2.36. The Labute approximate surface area is 193 Å². The van der Waals surface area contributed by atoms with E-state index in [4.69, 9.17) is 25.8 Å². The van der Waals surface area contributed by atoms with Crippen LogP contribution in [0.1, 0.15) is 36.7 Å². The number of methoxy groups -OCH3 is 1. The molecule has 172 valence electrons. The second kappa shape index (κ2) is 10.1. The largest absolute Gasteiger partial charge is 0.497 e. The minimum absolute atomic E-state index is 0.134. The van der Waals surface area contributed by atoms with Gasteiger partial charge in [-0.2, -0.15) is 0 Å². The lowest BCUT2D eigenvalue weighted by atomic mass is 10.2. The highest BCUT2D eigenvalue weighted by Gasteiger charge is 2.27. The van der Waals surface area contributed by atoms with Gasteiger partial charge in [-0.25, -0.2) is 14.6 Å². The second-order valence-corrected chi connectivity index (χ2v) is 8.82. The molecule has 2 aromatic rings. The maximum atomic E-state index is 12.4. The first-order chi connectivity index (χ1) is 15.2. The fourth-order valence-electron chi connectivity index (χ4n) is 3.16. The summed E-state index contributed by atoms with van der Waals surface area (Å²) in [5, 5.41) is 0.356. The third-order valence-electron chi connectivity index (χ3n) is 4.82. The zero-order valence-corrected chi connectivity index (χ0v) is 19.5. The van der Waals surface area contributed by atoms with Gasteiger partial charge < -0.3 is 24.0 Å². The summed E-state index contributed by atoms with van der Waals surface area (Å²) in [4.78, 5) is 32.6. The summed E-state index contributed by atoms with van der Waals surface area (Å²) in [7, 11) is 1.59. The molecule has 0 spiro atoms. The van der Waals surface area contributed by atoms with Crippen LogP contribution in [0.5, 0.6) is 5.75 Å². The molecule has 3 rings (SSSR count). The van der Waals surface area contributed by atoms with Gasteiger partial charge in [0.15, 0.2) is 0 Å². The van der Waals surface area contributed by atoms with Crippen LogP contribution in [-0.4, -0.2) is 60.8 Å². The van der Waals surface area contributed by atoms with Crippen LogP contribution in [0, 0.1) is 0 Å². The average Bonchev–Trinajstić information content (AvgIpc) is 2.76. The maximum Gasteiger partial charge on any atom is 0.410 e. The summed E-state index contributed by atoms with van der Waals surface area (Å²) >= 11 is 6.41. The summed E-state index contributed by atoms with van der Waals surface area (Å²) in [5.74, 6) is 0.803. The molecule has 8 nitrogen and oxygen atoms in total. The molecular weight excluding hydrogens is 434 g/mol. The molecule has 1 saturated heterocycles. The zero-order chi connectivity index (χ0) is 23.3. The average molecular weight is 462 g/mol. The topological polar surface area (TPSA) is 81.2 Å². The smallest absolute Gasteiger partial charge is 0.410 e. The van der Waals surface area contributed by atoms with E-state index in [0.717, 1.165) is 11.3 Å². The van der Waals surface area contributed by atoms with Gasteiger partial charge in [0.25, 0.3) is 0 Å². The Bertz CT molecular complexity index is 951. The molecule has 1 fully saturated rings. The molecule has 0 unspecified atom stereocenters. The molecule has 1 aliphatic heterocycles. The third-order valence-corrected chi connectivity index (χ3v) is 5.10. The van der Waals surface area contributed by atoms with E-state index in [-0.39, 0.29) is 18.3 Å². The molecule has 1 aromatic heterocycles. The minimum atomic E-state index is -0.531. The summed E-state index contributed by atoms with van der Waals surface area (Å²) < 4.78 is 15.9. The lowest BCUT2D eigenvalue weighted by molar-refractivity contribution is 0.0240. The highest BCUT2D eigenvalue weighted by Crippen LogP contribution is 2.26. The number of ether oxygens (including phenoxy) is 3. The number of rotatable bonds is 5. The molecule has 0 N–H and O–H groups in total. The van der Waals surface area contributed by atoms with Gasteiger partial charge in [-0.05, 0) is 44.5 Å². The van der Waals surface area contributed by atoms with Gasteiger partial charge >= 0.3 is 12.1 Å². The number of carbonyl (C=O) groups is 2. The van der Waals surface area contributed by atoms with Crippen LogP contribution in [0.15, 0.2) is 36.5 Å². The molecule has 32 heavy (non-hydrogen) atoms. The molecule has 0 radical (unpaired) electrons. The molecule has 0 bridgehead atoms. The molecule has 2 heterocycles. The normalized spacial score (nSPS) is 14.2. The number of benzene rings is 1. The van der Waals surface area contributed by atoms with E-state index in [0.29, 0.717) is 37.0 Å². The van der Waals surface area contributed by atoms with E-state index in [1.807, 2.05) is 37.8 Å². The highest BCUT2D eigenvalue weighted by atomic mass is 35.5. The van der Waals surface area contributed by atoms with Crippen molar-refractivity contribution < 1.29 is 23.8 Å². The molecule has 0 saturated carbocycles. The monoisotopic (exact) mass is 461 g/mol. The van der Waals surface area contributed by atoms with E-state index >= 15 is 0 Å². The van der Waals surface area contributed by atoms with Crippen molar-refractivity contribution in [3.63, 3.8) is 0 Å². The number of esters is 1. The lowest BCUT2D eigenvalue weighted by Crippen LogP contribution is -2.50. The van der Waals surface area contributed by atoms with Crippen LogP contribution in [0.2, 0.25) is 5.02 Å². The molecule has 0 aliphatic carbocycles. The second-order valence-electron chi connectivity index (χ2n) is 8.41. The number of nitrogens with zero attached hydrogens (tertiary/aromatic N) is 3. The first-order valence-electron chi connectivity index (χ1n) is 10.3. The standard InChI is InChI=1S/C23H28ClN3O5/c1-23(2,3)32-22(29)27-11-9-26(10-12-27)20-19(24)13-17(14-25-20)21(28)31-15-16-5-7-18(30-4)8-6-16/h5-8,13-14H,9-12,15H2,1-4H3. The molecule has 0 atom stereocenters. The number of amides is 1. The van der Waals surface area contributed by atoms with Crippen LogP contribution >= 0.6 is 11.6 Å². The number of aromatic nitrogens is 1. The Morgan fingerprint density at radius 3 is 2.31 bits per heavy atom. The van der Waals surface area contributed by atoms with Gasteiger partial charge in [0.05, 0.1) is 17.7 Å². The van der Waals surface area contributed by atoms with Crippen molar-refractivity contribution in [2.24, 2.45) is 0 Å². The fraction of sp³-hybridized carbons (Fsp3) is 0.435. The van der Waals surface area contributed by atoms with Crippen molar-refractivity contribution in [3.05, 3.63) is 52.7 Å². The summed E-state index contributed by atoms with van der Waals surface area (Å²) in [5.41, 5.74) is 0.592. The van der Waals surface area contributed by atoms with Crippen LogP contribution in [0.4, 0.5) is 10.6 Å². The van der Waals surface area contributed by atoms with Gasteiger partial charge in [0.1, 0.15) is 23.8 Å². The Hall–Kier alpha value is -3.00. The molecular formula is C23H28ClN3O5. The number of halogens is 1. The Balaban J connectivity index is 1.55. The third kappa shape index (κ3) is 6.26. The highest BCUT2D eigenvalue weighted by molar-refractivity contribution is 6.33. The summed E-state index contributed by atoms with van der Waals surface area (Å²) in [6.07, 6.45) is 1.13. The van der Waals surface area contributed by atoms with Crippen molar-refractivity contribution in [2.45, 2.75) is 33.0 Å². The van der Waals surface area contributed by atoms with Gasteiger partial charge in [-0.15, -0.1) is 0 Å². The number of anilines is 1. The van der Waals surface area contributed by atoms with E-state index < -0.39 is 11.6 Å². The first-order valence-corrected chi connectivity index (χ1v) is 10.7. The van der Waals surface area contributed by atoms with Gasteiger partial charge in [0.2, 0.25) is 0 Å². The maximum absolute atomic E-state index is 12.4. The Morgan fingerprint density at radius 2 is 1.75 bits per heavy atom. The SMILES string of the molecule is COc1ccc(COC(=O)c2cnc(N3CCN(C(=O)OC(C)(C)C)CC3)c(Cl)c2)cc1. The number of pyridine rings is 1. The number of hydrogen-bond acceptors (Lipinski definition) is 7. The minimum Gasteiger partial charge on any atom is -0.497 e. The van der Waals surface area contributed by atoms with Gasteiger partial charge in [-0.1, -0.05) is 23.7 Å². The quantitative estimate of drug-likeness (QED) is 0.618. The first kappa shape index (κ1) is 23.7. The van der Waals surface area contributed by atoms with Crippen molar-refractivity contribution >= 4 is 29.5 Å². The van der Waals surface area contributed by atoms with Gasteiger partial charge in [-0.3, -0.25) is 0 Å². The van der Waals surface area contributed by atoms with Crippen LogP contribution in [0.25, 0.3) is 0 Å². The predicted octanol–water partition coefficient (Wildman–Crippen LogP) is 4.16. The van der Waals surface area contributed by atoms with Gasteiger partial charge in [0, 0.05) is 32.4 Å². The molecule has 1 amide bonds. The van der Waals surface area contributed by atoms with Crippen molar-refractivity contribution in [2.75, 3.05) is 38.2 Å². The number of hydrogen-bond donors (Lipinski definition) is 0. The van der Waals surface area contributed by atoms with E-state index in [2.05, 4.69) is 4.98 Å². The molecule has 1 aromatic carbocycles. The van der Waals surface area contributed by atoms with E-state index in [1.54, 1.807) is 30.2 Å². The predicted molar refractivity (Wildman–Crippen MR) is 121 cm³/mol. The van der Waals surface area contributed by atoms with Crippen LogP contribution in [0.3, 0.4) is 0 Å². The van der Waals surface area contributed by atoms with Crippen LogP contribution in [-0.2, 0) is 16.1 Å². The van der Waals surface area contributed by atoms with Crippen molar-refractivity contribution in [1.82, 2.24) is 9.88 Å². The van der Waals surface area contributed by atoms with Crippen molar-refractivity contribution in [3.8, 4) is 5.75 Å². The number of carbonyl (C=O) groups excluding carboxylic acids is 2. The van der Waals surface area contributed by atoms with Crippen molar-refractivity contribution in [1.29, 1.82) is 0 Å². The Morgan fingerprint density at radius 1 is 1.09 bits per heavy atom. The molecule has 9 heteroatoms. The van der Waals surface area contributed by atoms with Crippen LogP contribution < -0.4 is 9.64 Å². The summed E-state index contributed by atoms with van der Waals surface area (Å²) in [6, 6.07) is 8.83. The van der Waals surface area contributed by atoms with E-state index in [1.165, 1.54) is 6.20 Å². The zero-order valence-electron chi connectivity index (χ0n) is 18.8. The fourth-order valence-corrected chi connectivity index (χ4v) is 3.44. The molecule has 1 aliphatic rings. The number of piperazine rings is 1. The van der Waals surface area contributed by atoms with E-state index in [9.17, 15) is 9.59 Å².